The molecule has 19 heavy (non-hydrogen) atoms. The van der Waals surface area contributed by atoms with Gasteiger partial charge in [0.05, 0.1) is 19.0 Å². The van der Waals surface area contributed by atoms with E-state index in [0.29, 0.717) is 0 Å². The number of hydrogen-bond acceptors (Lipinski definition) is 6. The molecule has 2 heterocycles. The minimum absolute atomic E-state index is 0.102. The summed E-state index contributed by atoms with van der Waals surface area (Å²) in [5.41, 5.74) is -0.0138. The molecule has 0 spiro atoms. The van der Waals surface area contributed by atoms with Crippen molar-refractivity contribution in [1.82, 2.24) is 25.0 Å². The van der Waals surface area contributed by atoms with Crippen molar-refractivity contribution >= 4 is 18.8 Å². The van der Waals surface area contributed by atoms with E-state index >= 15 is 0 Å². The molecule has 104 valence electrons. The van der Waals surface area contributed by atoms with Gasteiger partial charge in [0.1, 0.15) is 6.35 Å². The molecule has 0 amide bonds. The Hall–Kier alpha value is -1.61. The number of rotatable bonds is 5. The van der Waals surface area contributed by atoms with Gasteiger partial charge in [-0.05, 0) is 6.92 Å². The van der Waals surface area contributed by atoms with Crippen LogP contribution in [0.4, 0.5) is 0 Å². The fourth-order valence-electron chi connectivity index (χ4n) is 1.45. The predicted molar refractivity (Wildman–Crippen MR) is 63.4 cm³/mol. The minimum Gasteiger partial charge on any atom is -0.364 e. The Balaban J connectivity index is 2.11. The molecule has 0 saturated heterocycles. The molecule has 11 heteroatoms. The number of hydrogen-bond donors (Lipinski definition) is 3. The summed E-state index contributed by atoms with van der Waals surface area (Å²) in [6.45, 7) is 1.79. The lowest BCUT2D eigenvalue weighted by atomic mass is 10.4. The van der Waals surface area contributed by atoms with Gasteiger partial charge in [-0.1, -0.05) is 5.21 Å². The Bertz CT molecular complexity index is 675. The van der Waals surface area contributed by atoms with E-state index in [9.17, 15) is 9.36 Å². The van der Waals surface area contributed by atoms with Crippen molar-refractivity contribution in [2.24, 2.45) is 0 Å². The molecule has 1 atom stereocenters. The lowest BCUT2D eigenvalue weighted by Gasteiger charge is -2.13. The predicted octanol–water partition coefficient (Wildman–Crippen LogP) is -0.945. The zero-order chi connectivity index (χ0) is 14.0. The lowest BCUT2D eigenvalue weighted by molar-refractivity contribution is 0.0735. The fraction of sp³-hybridized carbons (Fsp3) is 0.500. The molecule has 0 fully saturated rings. The number of aromatic amines is 1. The van der Waals surface area contributed by atoms with Crippen LogP contribution in [0.5, 0.6) is 0 Å². The minimum atomic E-state index is -4.20. The molecule has 2 aromatic rings. The summed E-state index contributed by atoms with van der Waals surface area (Å²) in [5.74, 6) is 0. The molecule has 2 aromatic heterocycles. The Morgan fingerprint density at radius 3 is 3.00 bits per heavy atom. The van der Waals surface area contributed by atoms with Gasteiger partial charge >= 0.3 is 7.60 Å². The lowest BCUT2D eigenvalue weighted by Crippen LogP contribution is -2.19. The standard InChI is InChI=1S/C8H12N5O5P/c1-5(18-4-19(15,16)17)2-13-7-6(11-12-13)8(14)10-3-9-7/h3,5H,2,4H2,1H3,(H,9,10,14)(H2,15,16,17)/t5-/m1/s1. The van der Waals surface area contributed by atoms with Crippen molar-refractivity contribution in [3.63, 3.8) is 0 Å². The van der Waals surface area contributed by atoms with Gasteiger partial charge in [-0.3, -0.25) is 9.36 Å². The number of nitrogens with one attached hydrogen (secondary N) is 1. The first kappa shape index (κ1) is 13.8. The summed E-state index contributed by atoms with van der Waals surface area (Å²) in [4.78, 5) is 35.1. The summed E-state index contributed by atoms with van der Waals surface area (Å²) in [6, 6.07) is 0. The van der Waals surface area contributed by atoms with Gasteiger partial charge in [-0.2, -0.15) is 0 Å². The fourth-order valence-corrected chi connectivity index (χ4v) is 1.90. The second-order valence-corrected chi connectivity index (χ2v) is 5.53. The smallest absolute Gasteiger partial charge is 0.350 e. The average Bonchev–Trinajstić information content (AvgIpc) is 2.71. The molecule has 0 aliphatic rings. The maximum Gasteiger partial charge on any atom is 0.350 e. The molecule has 0 aromatic carbocycles. The highest BCUT2D eigenvalue weighted by atomic mass is 31.2. The molecule has 2 rings (SSSR count). The van der Waals surface area contributed by atoms with E-state index in [1.807, 2.05) is 0 Å². The zero-order valence-corrected chi connectivity index (χ0v) is 10.8. The van der Waals surface area contributed by atoms with Crippen molar-refractivity contribution in [3.05, 3.63) is 16.7 Å². The first-order valence-electron chi connectivity index (χ1n) is 5.30. The third kappa shape index (κ3) is 3.44. The molecule has 0 saturated carbocycles. The maximum atomic E-state index is 11.4. The van der Waals surface area contributed by atoms with E-state index < -0.39 is 25.6 Å². The van der Waals surface area contributed by atoms with Crippen LogP contribution in [-0.4, -0.2) is 47.2 Å². The van der Waals surface area contributed by atoms with Crippen LogP contribution in [0.1, 0.15) is 6.92 Å². The van der Waals surface area contributed by atoms with Gasteiger partial charge in [-0.15, -0.1) is 5.10 Å². The highest BCUT2D eigenvalue weighted by Crippen LogP contribution is 2.34. The van der Waals surface area contributed by atoms with E-state index in [0.717, 1.165) is 0 Å². The molecule has 0 bridgehead atoms. The third-order valence-electron chi connectivity index (χ3n) is 2.26. The molecular formula is C8H12N5O5P. The molecule has 0 aliphatic carbocycles. The second kappa shape index (κ2) is 5.17. The summed E-state index contributed by atoms with van der Waals surface area (Å²) in [7, 11) is -4.20. The second-order valence-electron chi connectivity index (χ2n) is 3.95. The molecule has 10 nitrogen and oxygen atoms in total. The molecule has 3 N–H and O–H groups in total. The van der Waals surface area contributed by atoms with Gasteiger partial charge in [0.2, 0.25) is 0 Å². The van der Waals surface area contributed by atoms with E-state index in [1.165, 1.54) is 11.0 Å². The van der Waals surface area contributed by atoms with Crippen LogP contribution in [0.3, 0.4) is 0 Å². The summed E-state index contributed by atoms with van der Waals surface area (Å²) in [5, 5.41) is 7.43. The SMILES string of the molecule is C[C@H](Cn1nnc2c(=O)[nH]cnc21)OCP(=O)(O)O. The monoisotopic (exact) mass is 289 g/mol. The molecule has 0 unspecified atom stereocenters. The molecular weight excluding hydrogens is 277 g/mol. The van der Waals surface area contributed by atoms with Gasteiger partial charge < -0.3 is 19.5 Å². The van der Waals surface area contributed by atoms with Crippen molar-refractivity contribution in [3.8, 4) is 0 Å². The first-order chi connectivity index (χ1) is 8.87. The van der Waals surface area contributed by atoms with Crippen molar-refractivity contribution in [1.29, 1.82) is 0 Å². The van der Waals surface area contributed by atoms with Crippen molar-refractivity contribution in [2.45, 2.75) is 19.6 Å². The number of nitrogens with zero attached hydrogens (tertiary/aromatic N) is 4. The van der Waals surface area contributed by atoms with E-state index in [-0.39, 0.29) is 17.7 Å². The van der Waals surface area contributed by atoms with Crippen LogP contribution in [0.2, 0.25) is 0 Å². The van der Waals surface area contributed by atoms with Gasteiger partial charge in [0, 0.05) is 0 Å². The first-order valence-corrected chi connectivity index (χ1v) is 7.09. The Morgan fingerprint density at radius 1 is 1.58 bits per heavy atom. The number of H-pyrrole nitrogens is 1. The topological polar surface area (TPSA) is 143 Å². The largest absolute Gasteiger partial charge is 0.364 e. The number of fused-ring (bicyclic) bond motifs is 1. The van der Waals surface area contributed by atoms with Crippen LogP contribution in [0.25, 0.3) is 11.2 Å². The summed E-state index contributed by atoms with van der Waals surface area (Å²) in [6.07, 6.45) is 0.0409. The number of ether oxygens (including phenoxy) is 1. The summed E-state index contributed by atoms with van der Waals surface area (Å²) < 4.78 is 17.0. The summed E-state index contributed by atoms with van der Waals surface area (Å²) >= 11 is 0. The highest BCUT2D eigenvalue weighted by Gasteiger charge is 2.17. The molecule has 0 radical (unpaired) electrons. The van der Waals surface area contributed by atoms with E-state index in [1.54, 1.807) is 6.92 Å². The van der Waals surface area contributed by atoms with Crippen LogP contribution < -0.4 is 5.56 Å². The number of aromatic nitrogens is 5. The van der Waals surface area contributed by atoms with Crippen LogP contribution in [0, 0.1) is 0 Å². The van der Waals surface area contributed by atoms with Crippen molar-refractivity contribution in [2.75, 3.05) is 6.35 Å². The maximum absolute atomic E-state index is 11.4. The Kier molecular flexibility index (Phi) is 3.76. The highest BCUT2D eigenvalue weighted by molar-refractivity contribution is 7.51. The average molecular weight is 289 g/mol. The van der Waals surface area contributed by atoms with Crippen LogP contribution in [-0.2, 0) is 15.8 Å². The van der Waals surface area contributed by atoms with Crippen LogP contribution >= 0.6 is 7.60 Å². The quantitative estimate of drug-likeness (QED) is 0.598. The van der Waals surface area contributed by atoms with Crippen molar-refractivity contribution < 1.29 is 19.1 Å². The Morgan fingerprint density at radius 2 is 2.32 bits per heavy atom. The van der Waals surface area contributed by atoms with Gasteiger partial charge in [0.25, 0.3) is 5.56 Å². The van der Waals surface area contributed by atoms with Gasteiger partial charge in [-0.25, -0.2) is 9.67 Å². The van der Waals surface area contributed by atoms with E-state index in [4.69, 9.17) is 14.5 Å². The van der Waals surface area contributed by atoms with Gasteiger partial charge in [0.15, 0.2) is 11.2 Å². The Labute approximate surface area is 106 Å². The van der Waals surface area contributed by atoms with Crippen LogP contribution in [0.15, 0.2) is 11.1 Å². The normalized spacial score (nSPS) is 13.8. The zero-order valence-electron chi connectivity index (χ0n) is 9.92. The van der Waals surface area contributed by atoms with E-state index in [2.05, 4.69) is 20.3 Å². The molecule has 0 aliphatic heterocycles. The third-order valence-corrected chi connectivity index (χ3v) is 2.75.